The van der Waals surface area contributed by atoms with E-state index in [0.717, 1.165) is 32.4 Å². The van der Waals surface area contributed by atoms with E-state index in [-0.39, 0.29) is 24.7 Å². The van der Waals surface area contributed by atoms with Crippen LogP contribution in [0.15, 0.2) is 54.7 Å². The highest BCUT2D eigenvalue weighted by Crippen LogP contribution is 2.50. The van der Waals surface area contributed by atoms with Crippen molar-refractivity contribution >= 4 is 5.82 Å². The molecule has 0 bridgehead atoms. The summed E-state index contributed by atoms with van der Waals surface area (Å²) in [6.07, 6.45) is 4.62. The summed E-state index contributed by atoms with van der Waals surface area (Å²) >= 11 is 0. The second kappa shape index (κ2) is 9.76. The summed E-state index contributed by atoms with van der Waals surface area (Å²) in [7, 11) is 0. The Labute approximate surface area is 205 Å². The van der Waals surface area contributed by atoms with E-state index in [0.29, 0.717) is 28.5 Å². The quantitative estimate of drug-likeness (QED) is 0.570. The van der Waals surface area contributed by atoms with Crippen LogP contribution in [-0.2, 0) is 13.0 Å². The van der Waals surface area contributed by atoms with E-state index < -0.39 is 0 Å². The number of aromatic nitrogens is 2. The standard InChI is InChI=1S/C28H27N5O2/c29-17-20-7-9-23(10-8-20)35-15-3-5-22-18-31-27(25(19-34)32-22)33-13-11-28(12-14-33)16-21-4-1-2-6-24(21)26(28)30/h1-2,4,6-10,18,26,34H,11-16,19,30H2. The topological polar surface area (TPSA) is 108 Å². The zero-order valence-electron chi connectivity index (χ0n) is 19.4. The Morgan fingerprint density at radius 2 is 1.91 bits per heavy atom. The van der Waals surface area contributed by atoms with E-state index in [1.165, 1.54) is 11.1 Å². The van der Waals surface area contributed by atoms with Gasteiger partial charge in [-0.1, -0.05) is 30.2 Å². The third-order valence-electron chi connectivity index (χ3n) is 7.13. The van der Waals surface area contributed by atoms with Crippen molar-refractivity contribution in [2.24, 2.45) is 11.1 Å². The summed E-state index contributed by atoms with van der Waals surface area (Å²) in [5, 5.41) is 18.8. The Morgan fingerprint density at radius 1 is 1.14 bits per heavy atom. The van der Waals surface area contributed by atoms with Crippen LogP contribution in [0.1, 0.15) is 47.0 Å². The first-order valence-corrected chi connectivity index (χ1v) is 11.8. The molecule has 0 radical (unpaired) electrons. The highest BCUT2D eigenvalue weighted by Gasteiger charge is 2.46. The van der Waals surface area contributed by atoms with Crippen molar-refractivity contribution in [3.63, 3.8) is 0 Å². The lowest BCUT2D eigenvalue weighted by atomic mass is 9.73. The number of aliphatic hydroxyl groups excluding tert-OH is 1. The molecule has 1 atom stereocenters. The van der Waals surface area contributed by atoms with Gasteiger partial charge >= 0.3 is 0 Å². The summed E-state index contributed by atoms with van der Waals surface area (Å²) in [4.78, 5) is 11.3. The number of anilines is 1. The minimum Gasteiger partial charge on any atom is -0.481 e. The lowest BCUT2D eigenvalue weighted by molar-refractivity contribution is 0.186. The molecule has 1 fully saturated rings. The van der Waals surface area contributed by atoms with Gasteiger partial charge < -0.3 is 20.5 Å². The van der Waals surface area contributed by atoms with Crippen LogP contribution < -0.4 is 15.4 Å². The van der Waals surface area contributed by atoms with Crippen LogP contribution in [-0.4, -0.2) is 34.8 Å². The minimum absolute atomic E-state index is 0.0633. The summed E-state index contributed by atoms with van der Waals surface area (Å²) in [6, 6.07) is 17.5. The van der Waals surface area contributed by atoms with Gasteiger partial charge in [-0.25, -0.2) is 9.97 Å². The molecule has 1 unspecified atom stereocenters. The Morgan fingerprint density at radius 3 is 2.63 bits per heavy atom. The molecule has 1 aliphatic carbocycles. The monoisotopic (exact) mass is 465 g/mol. The van der Waals surface area contributed by atoms with Gasteiger partial charge in [-0.3, -0.25) is 0 Å². The average Bonchev–Trinajstić information content (AvgIpc) is 3.18. The molecule has 2 aliphatic rings. The van der Waals surface area contributed by atoms with Gasteiger partial charge in [-0.05, 0) is 66.0 Å². The molecule has 3 aromatic rings. The molecule has 2 aromatic carbocycles. The lowest BCUT2D eigenvalue weighted by Crippen LogP contribution is -2.45. The van der Waals surface area contributed by atoms with Crippen molar-refractivity contribution in [2.45, 2.75) is 31.9 Å². The zero-order chi connectivity index (χ0) is 24.3. The molecule has 0 amide bonds. The Balaban J connectivity index is 1.22. The molecule has 1 spiro atoms. The van der Waals surface area contributed by atoms with Crippen LogP contribution in [0, 0.1) is 28.6 Å². The van der Waals surface area contributed by atoms with Crippen molar-refractivity contribution in [3.8, 4) is 23.7 Å². The maximum absolute atomic E-state index is 9.96. The zero-order valence-corrected chi connectivity index (χ0v) is 19.4. The van der Waals surface area contributed by atoms with E-state index in [2.05, 4.69) is 57.0 Å². The van der Waals surface area contributed by atoms with Crippen molar-refractivity contribution in [1.29, 1.82) is 5.26 Å². The number of ether oxygens (including phenoxy) is 1. The summed E-state index contributed by atoms with van der Waals surface area (Å²) < 4.78 is 5.58. The van der Waals surface area contributed by atoms with E-state index in [9.17, 15) is 5.11 Å². The largest absolute Gasteiger partial charge is 0.481 e. The van der Waals surface area contributed by atoms with E-state index in [1.807, 2.05) is 0 Å². The molecule has 1 aromatic heterocycles. The molecule has 35 heavy (non-hydrogen) atoms. The normalized spacial score (nSPS) is 17.9. The Kier molecular flexibility index (Phi) is 6.37. The third-order valence-corrected chi connectivity index (χ3v) is 7.13. The van der Waals surface area contributed by atoms with Crippen molar-refractivity contribution in [3.05, 3.63) is 82.8 Å². The van der Waals surface area contributed by atoms with Crippen LogP contribution in [0.4, 0.5) is 5.82 Å². The van der Waals surface area contributed by atoms with Gasteiger partial charge in [-0.2, -0.15) is 5.26 Å². The number of nitrogens with two attached hydrogens (primary N) is 1. The van der Waals surface area contributed by atoms with Crippen LogP contribution in [0.25, 0.3) is 0 Å². The predicted octanol–water partition coefficient (Wildman–Crippen LogP) is 3.11. The van der Waals surface area contributed by atoms with Gasteiger partial charge in [0, 0.05) is 19.1 Å². The fraction of sp³-hybridized carbons (Fsp3) is 0.321. The number of fused-ring (bicyclic) bond motifs is 1. The van der Waals surface area contributed by atoms with Crippen molar-refractivity contribution < 1.29 is 9.84 Å². The number of nitriles is 1. The number of hydrogen-bond donors (Lipinski definition) is 2. The molecule has 0 saturated carbocycles. The molecule has 5 rings (SSSR count). The molecule has 7 heteroatoms. The highest BCUT2D eigenvalue weighted by molar-refractivity contribution is 5.47. The summed E-state index contributed by atoms with van der Waals surface area (Å²) in [6.45, 7) is 1.63. The minimum atomic E-state index is -0.202. The maximum Gasteiger partial charge on any atom is 0.152 e. The number of nitrogens with zero attached hydrogens (tertiary/aromatic N) is 4. The molecule has 3 N–H and O–H groups in total. The summed E-state index contributed by atoms with van der Waals surface area (Å²) in [5.74, 6) is 7.23. The second-order valence-corrected chi connectivity index (χ2v) is 9.11. The van der Waals surface area contributed by atoms with Crippen LogP contribution in [0.5, 0.6) is 5.75 Å². The Hall–Kier alpha value is -3.91. The van der Waals surface area contributed by atoms with Crippen LogP contribution >= 0.6 is 0 Å². The maximum atomic E-state index is 9.96. The van der Waals surface area contributed by atoms with Gasteiger partial charge in [0.2, 0.25) is 0 Å². The molecule has 2 heterocycles. The van der Waals surface area contributed by atoms with Crippen molar-refractivity contribution in [1.82, 2.24) is 9.97 Å². The first-order chi connectivity index (χ1) is 17.1. The van der Waals surface area contributed by atoms with Crippen LogP contribution in [0.3, 0.4) is 0 Å². The fourth-order valence-electron chi connectivity index (χ4n) is 5.19. The second-order valence-electron chi connectivity index (χ2n) is 9.11. The first-order valence-electron chi connectivity index (χ1n) is 11.8. The number of benzene rings is 2. The Bertz CT molecular complexity index is 1310. The molecule has 1 aliphatic heterocycles. The summed E-state index contributed by atoms with van der Waals surface area (Å²) in [5.41, 5.74) is 11.0. The van der Waals surface area contributed by atoms with Gasteiger partial charge in [0.25, 0.3) is 0 Å². The predicted molar refractivity (Wildman–Crippen MR) is 132 cm³/mol. The van der Waals surface area contributed by atoms with Gasteiger partial charge in [0.05, 0.1) is 24.4 Å². The average molecular weight is 466 g/mol. The van der Waals surface area contributed by atoms with Gasteiger partial charge in [0.15, 0.2) is 5.82 Å². The molecule has 1 saturated heterocycles. The van der Waals surface area contributed by atoms with E-state index in [1.54, 1.807) is 30.5 Å². The highest BCUT2D eigenvalue weighted by atomic mass is 16.5. The third kappa shape index (κ3) is 4.57. The molecular formula is C28H27N5O2. The number of aliphatic hydroxyl groups is 1. The van der Waals surface area contributed by atoms with Crippen molar-refractivity contribution in [2.75, 3.05) is 24.6 Å². The molecular weight excluding hydrogens is 438 g/mol. The molecule has 7 nitrogen and oxygen atoms in total. The number of rotatable bonds is 4. The van der Waals surface area contributed by atoms with E-state index in [4.69, 9.17) is 15.7 Å². The fourth-order valence-corrected chi connectivity index (χ4v) is 5.19. The van der Waals surface area contributed by atoms with Gasteiger partial charge in [-0.15, -0.1) is 0 Å². The number of hydrogen-bond acceptors (Lipinski definition) is 7. The first kappa shape index (κ1) is 22.9. The smallest absolute Gasteiger partial charge is 0.152 e. The van der Waals surface area contributed by atoms with Gasteiger partial charge in [0.1, 0.15) is 23.7 Å². The van der Waals surface area contributed by atoms with Crippen LogP contribution in [0.2, 0.25) is 0 Å². The van der Waals surface area contributed by atoms with E-state index >= 15 is 0 Å². The molecule has 176 valence electrons. The SMILES string of the molecule is N#Cc1ccc(OCC#Cc2cnc(N3CCC4(CC3)Cc3ccccc3C4N)c(CO)n2)cc1. The lowest BCUT2D eigenvalue weighted by Gasteiger charge is -2.42. The number of piperidine rings is 1.